The maximum atomic E-state index is 11.7. The second-order valence-corrected chi connectivity index (χ2v) is 5.52. The zero-order chi connectivity index (χ0) is 16.5. The van der Waals surface area contributed by atoms with Crippen LogP contribution in [0.15, 0.2) is 24.3 Å². The first-order valence-electron chi connectivity index (χ1n) is 7.31. The van der Waals surface area contributed by atoms with E-state index in [-0.39, 0.29) is 24.1 Å². The van der Waals surface area contributed by atoms with Crippen LogP contribution in [-0.2, 0) is 14.4 Å². The molecule has 1 rings (SSSR count). The molecule has 0 radical (unpaired) electrons. The van der Waals surface area contributed by atoms with E-state index in [0.717, 1.165) is 6.42 Å². The van der Waals surface area contributed by atoms with Crippen molar-refractivity contribution in [2.24, 2.45) is 5.92 Å². The van der Waals surface area contributed by atoms with E-state index in [9.17, 15) is 14.4 Å². The smallest absolute Gasteiger partial charge is 0.233 e. The standard InChI is InChI=1S/C16H23N3O3/c1-11(2)8-9-17-15(21)10-16(22)19-14-6-4-13(5-7-14)18-12(3)20/h4-7,11H,8-10H2,1-3H3,(H,17,21)(H,18,20)(H,19,22). The van der Waals surface area contributed by atoms with Gasteiger partial charge in [-0.05, 0) is 36.6 Å². The summed E-state index contributed by atoms with van der Waals surface area (Å²) in [5, 5.41) is 7.99. The molecule has 0 aliphatic carbocycles. The Bertz CT molecular complexity index is 524. The van der Waals surface area contributed by atoms with Crippen LogP contribution in [0.4, 0.5) is 11.4 Å². The summed E-state index contributed by atoms with van der Waals surface area (Å²) in [5.41, 5.74) is 1.23. The molecule has 0 aromatic heterocycles. The quantitative estimate of drug-likeness (QED) is 0.674. The van der Waals surface area contributed by atoms with Gasteiger partial charge >= 0.3 is 0 Å². The van der Waals surface area contributed by atoms with Crippen LogP contribution in [0.5, 0.6) is 0 Å². The molecule has 0 aliphatic heterocycles. The lowest BCUT2D eigenvalue weighted by Crippen LogP contribution is -2.29. The fourth-order valence-electron chi connectivity index (χ4n) is 1.75. The van der Waals surface area contributed by atoms with Crippen molar-refractivity contribution in [1.29, 1.82) is 0 Å². The molecule has 120 valence electrons. The van der Waals surface area contributed by atoms with Crippen LogP contribution in [0.25, 0.3) is 0 Å². The molecule has 0 atom stereocenters. The highest BCUT2D eigenvalue weighted by Crippen LogP contribution is 2.13. The number of rotatable bonds is 7. The van der Waals surface area contributed by atoms with Gasteiger partial charge in [0.15, 0.2) is 0 Å². The van der Waals surface area contributed by atoms with Gasteiger partial charge in [0, 0.05) is 24.8 Å². The Morgan fingerprint density at radius 1 is 0.955 bits per heavy atom. The van der Waals surface area contributed by atoms with E-state index < -0.39 is 0 Å². The molecule has 0 fully saturated rings. The summed E-state index contributed by atoms with van der Waals surface area (Å²) in [6.45, 7) is 6.15. The van der Waals surface area contributed by atoms with Crippen LogP contribution in [0.1, 0.15) is 33.6 Å². The predicted molar refractivity (Wildman–Crippen MR) is 86.5 cm³/mol. The fraction of sp³-hybridized carbons (Fsp3) is 0.438. The molecular weight excluding hydrogens is 282 g/mol. The third-order valence-electron chi connectivity index (χ3n) is 2.85. The second-order valence-electron chi connectivity index (χ2n) is 5.52. The zero-order valence-electron chi connectivity index (χ0n) is 13.2. The minimum Gasteiger partial charge on any atom is -0.356 e. The molecule has 3 N–H and O–H groups in total. The predicted octanol–water partition coefficient (Wildman–Crippen LogP) is 2.14. The third-order valence-corrected chi connectivity index (χ3v) is 2.85. The minimum absolute atomic E-state index is 0.158. The number of benzene rings is 1. The molecule has 1 aromatic rings. The Morgan fingerprint density at radius 3 is 2.00 bits per heavy atom. The lowest BCUT2D eigenvalue weighted by molar-refractivity contribution is -0.126. The number of carbonyl (C=O) groups is 3. The van der Waals surface area contributed by atoms with Crippen molar-refractivity contribution in [1.82, 2.24) is 5.32 Å². The zero-order valence-corrected chi connectivity index (χ0v) is 13.2. The summed E-state index contributed by atoms with van der Waals surface area (Å²) in [6, 6.07) is 6.69. The summed E-state index contributed by atoms with van der Waals surface area (Å²) >= 11 is 0. The summed E-state index contributed by atoms with van der Waals surface area (Å²) < 4.78 is 0. The molecule has 22 heavy (non-hydrogen) atoms. The van der Waals surface area contributed by atoms with Gasteiger partial charge in [0.1, 0.15) is 6.42 Å². The maximum Gasteiger partial charge on any atom is 0.233 e. The van der Waals surface area contributed by atoms with Crippen LogP contribution in [0.3, 0.4) is 0 Å². The lowest BCUT2D eigenvalue weighted by atomic mass is 10.1. The van der Waals surface area contributed by atoms with E-state index >= 15 is 0 Å². The SMILES string of the molecule is CC(=O)Nc1ccc(NC(=O)CC(=O)NCCC(C)C)cc1. The van der Waals surface area contributed by atoms with E-state index in [2.05, 4.69) is 29.8 Å². The molecule has 0 unspecified atom stereocenters. The van der Waals surface area contributed by atoms with Crippen molar-refractivity contribution in [3.05, 3.63) is 24.3 Å². The lowest BCUT2D eigenvalue weighted by Gasteiger charge is -2.08. The number of hydrogen-bond donors (Lipinski definition) is 3. The van der Waals surface area contributed by atoms with Crippen molar-refractivity contribution in [3.8, 4) is 0 Å². The Hall–Kier alpha value is -2.37. The van der Waals surface area contributed by atoms with E-state index in [1.807, 2.05) is 0 Å². The van der Waals surface area contributed by atoms with Crippen molar-refractivity contribution < 1.29 is 14.4 Å². The number of anilines is 2. The van der Waals surface area contributed by atoms with Gasteiger partial charge in [-0.15, -0.1) is 0 Å². The Kier molecular flexibility index (Phi) is 7.08. The summed E-state index contributed by atoms with van der Waals surface area (Å²) in [7, 11) is 0. The van der Waals surface area contributed by atoms with Crippen molar-refractivity contribution in [2.45, 2.75) is 33.6 Å². The Balaban J connectivity index is 2.38. The largest absolute Gasteiger partial charge is 0.356 e. The Morgan fingerprint density at radius 2 is 1.50 bits per heavy atom. The number of nitrogens with one attached hydrogen (secondary N) is 3. The Labute approximate surface area is 130 Å². The van der Waals surface area contributed by atoms with Crippen molar-refractivity contribution in [3.63, 3.8) is 0 Å². The third kappa shape index (κ3) is 7.42. The normalized spacial score (nSPS) is 10.2. The highest BCUT2D eigenvalue weighted by atomic mass is 16.2. The van der Waals surface area contributed by atoms with Gasteiger partial charge < -0.3 is 16.0 Å². The summed E-state index contributed by atoms with van der Waals surface area (Å²) in [4.78, 5) is 34.2. The second kappa shape index (κ2) is 8.81. The van der Waals surface area contributed by atoms with Gasteiger partial charge in [-0.3, -0.25) is 14.4 Å². The van der Waals surface area contributed by atoms with Crippen LogP contribution in [-0.4, -0.2) is 24.3 Å². The highest BCUT2D eigenvalue weighted by Gasteiger charge is 2.09. The average Bonchev–Trinajstić information content (AvgIpc) is 2.39. The summed E-state index contributed by atoms with van der Waals surface area (Å²) in [6.07, 6.45) is 0.684. The molecule has 6 heteroatoms. The van der Waals surface area contributed by atoms with E-state index in [4.69, 9.17) is 0 Å². The van der Waals surface area contributed by atoms with E-state index in [0.29, 0.717) is 23.8 Å². The minimum atomic E-state index is -0.366. The molecule has 0 spiro atoms. The summed E-state index contributed by atoms with van der Waals surface area (Å²) in [5.74, 6) is -0.298. The van der Waals surface area contributed by atoms with E-state index in [1.165, 1.54) is 6.92 Å². The number of hydrogen-bond acceptors (Lipinski definition) is 3. The topological polar surface area (TPSA) is 87.3 Å². The molecule has 0 saturated carbocycles. The van der Waals surface area contributed by atoms with Gasteiger partial charge in [0.2, 0.25) is 17.7 Å². The molecule has 0 bridgehead atoms. The average molecular weight is 305 g/mol. The molecular formula is C16H23N3O3. The van der Waals surface area contributed by atoms with Gasteiger partial charge in [0.25, 0.3) is 0 Å². The number of carbonyl (C=O) groups excluding carboxylic acids is 3. The molecule has 0 saturated heterocycles. The van der Waals surface area contributed by atoms with Crippen LogP contribution >= 0.6 is 0 Å². The number of amides is 3. The van der Waals surface area contributed by atoms with Crippen LogP contribution in [0, 0.1) is 5.92 Å². The molecule has 0 aliphatic rings. The first-order valence-corrected chi connectivity index (χ1v) is 7.31. The monoisotopic (exact) mass is 305 g/mol. The van der Waals surface area contributed by atoms with Crippen molar-refractivity contribution in [2.75, 3.05) is 17.2 Å². The van der Waals surface area contributed by atoms with Gasteiger partial charge in [-0.1, -0.05) is 13.8 Å². The molecule has 6 nitrogen and oxygen atoms in total. The van der Waals surface area contributed by atoms with E-state index in [1.54, 1.807) is 24.3 Å². The first kappa shape index (κ1) is 17.7. The fourth-order valence-corrected chi connectivity index (χ4v) is 1.75. The molecule has 1 aromatic carbocycles. The van der Waals surface area contributed by atoms with Gasteiger partial charge in [-0.25, -0.2) is 0 Å². The van der Waals surface area contributed by atoms with Crippen LogP contribution in [0.2, 0.25) is 0 Å². The molecule has 0 heterocycles. The molecule has 3 amide bonds. The van der Waals surface area contributed by atoms with Crippen molar-refractivity contribution >= 4 is 29.1 Å². The van der Waals surface area contributed by atoms with Crippen LogP contribution < -0.4 is 16.0 Å². The van der Waals surface area contributed by atoms with Gasteiger partial charge in [0.05, 0.1) is 0 Å². The maximum absolute atomic E-state index is 11.7. The van der Waals surface area contributed by atoms with Gasteiger partial charge in [-0.2, -0.15) is 0 Å². The highest BCUT2D eigenvalue weighted by molar-refractivity contribution is 6.03. The first-order chi connectivity index (χ1) is 10.4.